The van der Waals surface area contributed by atoms with E-state index in [2.05, 4.69) is 10.2 Å². The van der Waals surface area contributed by atoms with Crippen molar-refractivity contribution in [2.24, 2.45) is 0 Å². The number of nitrogen functional groups attached to an aromatic ring is 1. The van der Waals surface area contributed by atoms with E-state index in [0.717, 1.165) is 9.24 Å². The van der Waals surface area contributed by atoms with Crippen LogP contribution >= 0.6 is 23.1 Å². The lowest BCUT2D eigenvalue weighted by Crippen LogP contribution is -1.79. The van der Waals surface area contributed by atoms with Gasteiger partial charge in [0.1, 0.15) is 0 Å². The summed E-state index contributed by atoms with van der Waals surface area (Å²) in [6.07, 6.45) is 0. The Morgan fingerprint density at radius 1 is 1.15 bits per heavy atom. The van der Waals surface area contributed by atoms with Gasteiger partial charge in [0.05, 0.1) is 0 Å². The summed E-state index contributed by atoms with van der Waals surface area (Å²) in [5, 5.41) is 8.17. The number of hydrogen-bond donors (Lipinski definition) is 1. The molecule has 1 aromatic heterocycles. The summed E-state index contributed by atoms with van der Waals surface area (Å²) >= 11 is 2.97. The zero-order chi connectivity index (χ0) is 9.10. The molecule has 0 aliphatic carbocycles. The fraction of sp³-hybridized carbons (Fsp3) is 0. The van der Waals surface area contributed by atoms with Crippen LogP contribution < -0.4 is 5.73 Å². The molecule has 0 amide bonds. The molecule has 13 heavy (non-hydrogen) atoms. The van der Waals surface area contributed by atoms with Crippen molar-refractivity contribution in [3.63, 3.8) is 0 Å². The van der Waals surface area contributed by atoms with Crippen molar-refractivity contribution in [2.45, 2.75) is 9.24 Å². The van der Waals surface area contributed by atoms with E-state index >= 15 is 0 Å². The highest BCUT2D eigenvalue weighted by atomic mass is 32.2. The van der Waals surface area contributed by atoms with Crippen molar-refractivity contribution in [2.75, 3.05) is 5.73 Å². The van der Waals surface area contributed by atoms with Crippen molar-refractivity contribution in [3.05, 3.63) is 30.3 Å². The lowest BCUT2D eigenvalue weighted by molar-refractivity contribution is 1.02. The van der Waals surface area contributed by atoms with Crippen molar-refractivity contribution >= 4 is 28.2 Å². The van der Waals surface area contributed by atoms with Crippen LogP contribution in [0.4, 0.5) is 5.13 Å². The number of nitrogens with zero attached hydrogens (tertiary/aromatic N) is 2. The smallest absolute Gasteiger partial charge is 0.203 e. The predicted molar refractivity (Wildman–Crippen MR) is 54.9 cm³/mol. The fourth-order valence-electron chi connectivity index (χ4n) is 0.851. The number of benzene rings is 1. The van der Waals surface area contributed by atoms with Crippen LogP contribution in [0.2, 0.25) is 0 Å². The highest BCUT2D eigenvalue weighted by Gasteiger charge is 2.01. The van der Waals surface area contributed by atoms with E-state index in [9.17, 15) is 0 Å². The maximum absolute atomic E-state index is 5.46. The van der Waals surface area contributed by atoms with E-state index in [4.69, 9.17) is 5.73 Å². The lowest BCUT2D eigenvalue weighted by atomic mass is 10.4. The molecule has 0 saturated carbocycles. The van der Waals surface area contributed by atoms with Crippen LogP contribution in [0, 0.1) is 0 Å². The van der Waals surface area contributed by atoms with Gasteiger partial charge in [-0.3, -0.25) is 0 Å². The second kappa shape index (κ2) is 3.76. The molecule has 2 N–H and O–H groups in total. The fourth-order valence-corrected chi connectivity index (χ4v) is 2.48. The van der Waals surface area contributed by atoms with Gasteiger partial charge in [-0.15, -0.1) is 10.2 Å². The van der Waals surface area contributed by atoms with Gasteiger partial charge in [0.15, 0.2) is 4.34 Å². The first-order valence-corrected chi connectivity index (χ1v) is 5.30. The van der Waals surface area contributed by atoms with Gasteiger partial charge in [-0.05, 0) is 12.1 Å². The Morgan fingerprint density at radius 2 is 1.92 bits per heavy atom. The van der Waals surface area contributed by atoms with Crippen LogP contribution in [-0.4, -0.2) is 10.2 Å². The van der Waals surface area contributed by atoms with Crippen molar-refractivity contribution in [1.82, 2.24) is 10.2 Å². The lowest BCUT2D eigenvalue weighted by Gasteiger charge is -1.93. The van der Waals surface area contributed by atoms with E-state index in [0.29, 0.717) is 5.13 Å². The summed E-state index contributed by atoms with van der Waals surface area (Å²) in [6, 6.07) is 10.0. The second-order valence-electron chi connectivity index (χ2n) is 2.32. The number of aromatic nitrogens is 2. The molecule has 3 nitrogen and oxygen atoms in total. The van der Waals surface area contributed by atoms with Crippen LogP contribution in [0.15, 0.2) is 39.6 Å². The Hall–Kier alpha value is -1.07. The number of hydrogen-bond acceptors (Lipinski definition) is 5. The minimum absolute atomic E-state index is 0.512. The summed E-state index contributed by atoms with van der Waals surface area (Å²) in [6.45, 7) is 0. The molecule has 1 aromatic carbocycles. The molecule has 0 fully saturated rings. The summed E-state index contributed by atoms with van der Waals surface area (Å²) in [5.74, 6) is 0. The Bertz CT molecular complexity index is 385. The first-order chi connectivity index (χ1) is 6.34. The SMILES string of the molecule is Nc1nnc(Sc2ccccc2)s1. The van der Waals surface area contributed by atoms with E-state index in [1.54, 1.807) is 11.8 Å². The van der Waals surface area contributed by atoms with Crippen LogP contribution in [-0.2, 0) is 0 Å². The molecular weight excluding hydrogens is 202 g/mol. The normalized spacial score (nSPS) is 10.2. The van der Waals surface area contributed by atoms with E-state index in [-0.39, 0.29) is 0 Å². The standard InChI is InChI=1S/C8H7N3S2/c9-7-10-11-8(13-7)12-6-4-2-1-3-5-6/h1-5H,(H2,9,10). The molecule has 0 saturated heterocycles. The molecule has 2 aromatic rings. The first kappa shape index (κ1) is 8.52. The molecular formula is C8H7N3S2. The van der Waals surface area contributed by atoms with E-state index in [1.807, 2.05) is 30.3 Å². The Morgan fingerprint density at radius 3 is 2.54 bits per heavy atom. The molecule has 1 heterocycles. The molecule has 66 valence electrons. The van der Waals surface area contributed by atoms with Crippen molar-refractivity contribution < 1.29 is 0 Å². The van der Waals surface area contributed by atoms with Gasteiger partial charge in [-0.2, -0.15) is 0 Å². The Labute approximate surface area is 84.0 Å². The average molecular weight is 209 g/mol. The first-order valence-electron chi connectivity index (χ1n) is 3.66. The van der Waals surface area contributed by atoms with Gasteiger partial charge >= 0.3 is 0 Å². The Balaban J connectivity index is 2.15. The molecule has 0 radical (unpaired) electrons. The predicted octanol–water partition coefficient (Wildman–Crippen LogP) is 2.27. The molecule has 0 aliphatic heterocycles. The number of nitrogens with two attached hydrogens (primary N) is 1. The van der Waals surface area contributed by atoms with Gasteiger partial charge in [0.2, 0.25) is 5.13 Å². The maximum atomic E-state index is 5.46. The summed E-state index contributed by atoms with van der Waals surface area (Å²) in [7, 11) is 0. The highest BCUT2D eigenvalue weighted by molar-refractivity contribution is 8.01. The average Bonchev–Trinajstić information content (AvgIpc) is 2.53. The third kappa shape index (κ3) is 2.19. The second-order valence-corrected chi connectivity index (χ2v) is 4.65. The number of rotatable bonds is 2. The minimum Gasteiger partial charge on any atom is -0.374 e. The van der Waals surface area contributed by atoms with Gasteiger partial charge < -0.3 is 5.73 Å². The molecule has 0 spiro atoms. The quantitative estimate of drug-likeness (QED) is 0.824. The maximum Gasteiger partial charge on any atom is 0.203 e. The van der Waals surface area contributed by atoms with Gasteiger partial charge in [0, 0.05) is 4.90 Å². The molecule has 0 aliphatic rings. The van der Waals surface area contributed by atoms with Crippen LogP contribution in [0.5, 0.6) is 0 Å². The van der Waals surface area contributed by atoms with Gasteiger partial charge in [0.25, 0.3) is 0 Å². The molecule has 0 atom stereocenters. The largest absolute Gasteiger partial charge is 0.374 e. The minimum atomic E-state index is 0.512. The molecule has 0 unspecified atom stereocenters. The van der Waals surface area contributed by atoms with Crippen LogP contribution in [0.25, 0.3) is 0 Å². The molecule has 5 heteroatoms. The summed E-state index contributed by atoms with van der Waals surface area (Å²) < 4.78 is 0.878. The van der Waals surface area contributed by atoms with Crippen LogP contribution in [0.1, 0.15) is 0 Å². The third-order valence-electron chi connectivity index (χ3n) is 1.37. The topological polar surface area (TPSA) is 51.8 Å². The van der Waals surface area contributed by atoms with E-state index in [1.165, 1.54) is 11.3 Å². The van der Waals surface area contributed by atoms with Crippen LogP contribution in [0.3, 0.4) is 0 Å². The monoisotopic (exact) mass is 209 g/mol. The molecule has 2 rings (SSSR count). The summed E-state index contributed by atoms with van der Waals surface area (Å²) in [5.41, 5.74) is 5.46. The summed E-state index contributed by atoms with van der Waals surface area (Å²) in [4.78, 5) is 1.15. The van der Waals surface area contributed by atoms with E-state index < -0.39 is 0 Å². The van der Waals surface area contributed by atoms with Gasteiger partial charge in [-0.25, -0.2) is 0 Å². The zero-order valence-electron chi connectivity index (χ0n) is 6.68. The van der Waals surface area contributed by atoms with Crippen molar-refractivity contribution in [3.8, 4) is 0 Å². The zero-order valence-corrected chi connectivity index (χ0v) is 8.31. The van der Waals surface area contributed by atoms with Gasteiger partial charge in [-0.1, -0.05) is 41.3 Å². The highest BCUT2D eigenvalue weighted by Crippen LogP contribution is 2.30. The Kier molecular flexibility index (Phi) is 2.47. The van der Waals surface area contributed by atoms with Crippen molar-refractivity contribution in [1.29, 1.82) is 0 Å². The molecule has 0 bridgehead atoms. The number of anilines is 1. The third-order valence-corrected chi connectivity index (χ3v) is 3.18.